The van der Waals surface area contributed by atoms with Crippen molar-refractivity contribution in [2.24, 2.45) is 5.92 Å². The summed E-state index contributed by atoms with van der Waals surface area (Å²) in [5.41, 5.74) is 4.17. The SMILES string of the molecule is Cc1nn(CC(C)C)c(C)c1CC(=O)NCCCc1nc2ccccc2s1. The van der Waals surface area contributed by atoms with Crippen molar-refractivity contribution in [1.82, 2.24) is 20.1 Å². The van der Waals surface area contributed by atoms with Crippen LogP contribution in [-0.4, -0.2) is 27.2 Å². The van der Waals surface area contributed by atoms with E-state index in [1.807, 2.05) is 29.8 Å². The monoisotopic (exact) mass is 384 g/mol. The molecule has 1 aromatic carbocycles. The fourth-order valence-electron chi connectivity index (χ4n) is 3.23. The molecule has 2 heterocycles. The molecule has 0 radical (unpaired) electrons. The van der Waals surface area contributed by atoms with Gasteiger partial charge >= 0.3 is 0 Å². The topological polar surface area (TPSA) is 59.8 Å². The van der Waals surface area contributed by atoms with Crippen LogP contribution in [0.4, 0.5) is 0 Å². The minimum atomic E-state index is 0.0644. The maximum absolute atomic E-state index is 12.3. The Morgan fingerprint density at radius 2 is 2.04 bits per heavy atom. The van der Waals surface area contributed by atoms with Crippen LogP contribution in [0.3, 0.4) is 0 Å². The van der Waals surface area contributed by atoms with Crippen molar-refractivity contribution in [1.29, 1.82) is 0 Å². The lowest BCUT2D eigenvalue weighted by molar-refractivity contribution is -0.120. The minimum absolute atomic E-state index is 0.0644. The van der Waals surface area contributed by atoms with Crippen molar-refractivity contribution >= 4 is 27.5 Å². The van der Waals surface area contributed by atoms with Gasteiger partial charge in [-0.1, -0.05) is 26.0 Å². The predicted octanol–water partition coefficient (Wildman–Crippen LogP) is 4.06. The fourth-order valence-corrected chi connectivity index (χ4v) is 4.24. The third-order valence-electron chi connectivity index (χ3n) is 4.63. The second-order valence-electron chi connectivity index (χ2n) is 7.43. The number of aromatic nitrogens is 3. The number of aryl methyl sites for hydroxylation is 2. The molecule has 0 bridgehead atoms. The molecule has 1 N–H and O–H groups in total. The molecule has 27 heavy (non-hydrogen) atoms. The number of benzene rings is 1. The third-order valence-corrected chi connectivity index (χ3v) is 5.73. The van der Waals surface area contributed by atoms with Crippen molar-refractivity contribution in [2.45, 2.75) is 53.5 Å². The van der Waals surface area contributed by atoms with E-state index in [4.69, 9.17) is 0 Å². The van der Waals surface area contributed by atoms with Crippen LogP contribution >= 0.6 is 11.3 Å². The van der Waals surface area contributed by atoms with Gasteiger partial charge in [0.05, 0.1) is 27.3 Å². The van der Waals surface area contributed by atoms with E-state index in [2.05, 4.69) is 42.2 Å². The lowest BCUT2D eigenvalue weighted by atomic mass is 10.1. The second kappa shape index (κ2) is 8.65. The largest absolute Gasteiger partial charge is 0.356 e. The highest BCUT2D eigenvalue weighted by molar-refractivity contribution is 7.18. The van der Waals surface area contributed by atoms with Gasteiger partial charge in [-0.15, -0.1) is 11.3 Å². The molecule has 0 atom stereocenters. The van der Waals surface area contributed by atoms with Crippen molar-refractivity contribution in [3.63, 3.8) is 0 Å². The van der Waals surface area contributed by atoms with Gasteiger partial charge in [0.25, 0.3) is 0 Å². The highest BCUT2D eigenvalue weighted by Crippen LogP contribution is 2.22. The van der Waals surface area contributed by atoms with E-state index in [0.717, 1.165) is 46.9 Å². The molecule has 2 aromatic heterocycles. The molecule has 0 saturated carbocycles. The zero-order valence-corrected chi connectivity index (χ0v) is 17.4. The van der Waals surface area contributed by atoms with Crippen LogP contribution in [0.15, 0.2) is 24.3 Å². The molecule has 1 amide bonds. The highest BCUT2D eigenvalue weighted by atomic mass is 32.1. The first-order chi connectivity index (χ1) is 12.9. The van der Waals surface area contributed by atoms with E-state index in [1.165, 1.54) is 4.70 Å². The number of nitrogens with zero attached hydrogens (tertiary/aromatic N) is 3. The smallest absolute Gasteiger partial charge is 0.224 e. The third kappa shape index (κ3) is 4.95. The van der Waals surface area contributed by atoms with Crippen LogP contribution in [0.2, 0.25) is 0 Å². The lowest BCUT2D eigenvalue weighted by Gasteiger charge is -2.08. The molecule has 144 valence electrons. The average Bonchev–Trinajstić information content (AvgIpc) is 3.14. The molecule has 3 rings (SSSR count). The molecule has 0 aliphatic rings. The Kier molecular flexibility index (Phi) is 6.26. The van der Waals surface area contributed by atoms with Gasteiger partial charge in [-0.2, -0.15) is 5.10 Å². The summed E-state index contributed by atoms with van der Waals surface area (Å²) in [5, 5.41) is 8.76. The van der Waals surface area contributed by atoms with E-state index < -0.39 is 0 Å². The van der Waals surface area contributed by atoms with Crippen LogP contribution < -0.4 is 5.32 Å². The number of carbonyl (C=O) groups is 1. The van der Waals surface area contributed by atoms with E-state index in [0.29, 0.717) is 18.9 Å². The number of para-hydroxylation sites is 1. The maximum atomic E-state index is 12.3. The molecule has 0 unspecified atom stereocenters. The Labute approximate surface area is 164 Å². The molecule has 0 fully saturated rings. The number of hydrogen-bond donors (Lipinski definition) is 1. The summed E-state index contributed by atoms with van der Waals surface area (Å²) >= 11 is 1.74. The van der Waals surface area contributed by atoms with Gasteiger partial charge in [0.2, 0.25) is 5.91 Å². The first-order valence-corrected chi connectivity index (χ1v) is 10.4. The number of amides is 1. The number of thiazole rings is 1. The van der Waals surface area contributed by atoms with E-state index in [1.54, 1.807) is 11.3 Å². The molecule has 0 saturated heterocycles. The lowest BCUT2D eigenvalue weighted by Crippen LogP contribution is -2.26. The molecule has 3 aromatic rings. The van der Waals surface area contributed by atoms with Gasteiger partial charge in [0.1, 0.15) is 0 Å². The maximum Gasteiger partial charge on any atom is 0.224 e. The zero-order chi connectivity index (χ0) is 19.4. The van der Waals surface area contributed by atoms with Crippen LogP contribution in [0.25, 0.3) is 10.2 Å². The number of fused-ring (bicyclic) bond motifs is 1. The second-order valence-corrected chi connectivity index (χ2v) is 8.55. The number of nitrogens with one attached hydrogen (secondary N) is 1. The molecule has 0 spiro atoms. The van der Waals surface area contributed by atoms with Gasteiger partial charge in [0, 0.05) is 30.8 Å². The first kappa shape index (κ1) is 19.5. The highest BCUT2D eigenvalue weighted by Gasteiger charge is 2.15. The minimum Gasteiger partial charge on any atom is -0.356 e. The van der Waals surface area contributed by atoms with Crippen LogP contribution in [0.1, 0.15) is 42.2 Å². The van der Waals surface area contributed by atoms with Gasteiger partial charge < -0.3 is 5.32 Å². The Morgan fingerprint density at radius 3 is 2.78 bits per heavy atom. The van der Waals surface area contributed by atoms with Gasteiger partial charge in [-0.3, -0.25) is 9.48 Å². The predicted molar refractivity (Wildman–Crippen MR) is 111 cm³/mol. The molecular formula is C21H28N4OS. The van der Waals surface area contributed by atoms with E-state index in [9.17, 15) is 4.79 Å². The number of rotatable bonds is 8. The van der Waals surface area contributed by atoms with Crippen LogP contribution in [0, 0.1) is 19.8 Å². The van der Waals surface area contributed by atoms with Gasteiger partial charge in [-0.05, 0) is 38.3 Å². The molecular weight excluding hydrogens is 356 g/mol. The van der Waals surface area contributed by atoms with Gasteiger partial charge in [-0.25, -0.2) is 4.98 Å². The normalized spacial score (nSPS) is 11.4. The summed E-state index contributed by atoms with van der Waals surface area (Å²) in [6.45, 7) is 9.95. The summed E-state index contributed by atoms with van der Waals surface area (Å²) in [4.78, 5) is 17.0. The van der Waals surface area contributed by atoms with Crippen molar-refractivity contribution < 1.29 is 4.79 Å². The number of hydrogen-bond acceptors (Lipinski definition) is 4. The van der Waals surface area contributed by atoms with Crippen molar-refractivity contribution in [2.75, 3.05) is 6.54 Å². The van der Waals surface area contributed by atoms with Crippen LogP contribution in [0.5, 0.6) is 0 Å². The Balaban J connectivity index is 1.48. The van der Waals surface area contributed by atoms with Crippen molar-refractivity contribution in [3.8, 4) is 0 Å². The number of carbonyl (C=O) groups excluding carboxylic acids is 1. The zero-order valence-electron chi connectivity index (χ0n) is 16.6. The molecule has 0 aliphatic heterocycles. The van der Waals surface area contributed by atoms with Crippen LogP contribution in [-0.2, 0) is 24.2 Å². The van der Waals surface area contributed by atoms with Gasteiger partial charge in [0.15, 0.2) is 0 Å². The Hall–Kier alpha value is -2.21. The molecule has 6 heteroatoms. The average molecular weight is 385 g/mol. The van der Waals surface area contributed by atoms with E-state index in [-0.39, 0.29) is 5.91 Å². The fraction of sp³-hybridized carbons (Fsp3) is 0.476. The summed E-state index contributed by atoms with van der Waals surface area (Å²) < 4.78 is 3.25. The molecule has 0 aliphatic carbocycles. The Bertz CT molecular complexity index is 893. The quantitative estimate of drug-likeness (QED) is 0.596. The van der Waals surface area contributed by atoms with Crippen molar-refractivity contribution in [3.05, 3.63) is 46.2 Å². The summed E-state index contributed by atoms with van der Waals surface area (Å²) in [5.74, 6) is 0.599. The standard InChI is InChI=1S/C21H28N4OS/c1-14(2)13-25-16(4)17(15(3)24-25)12-20(26)22-11-7-10-21-23-18-8-5-6-9-19(18)27-21/h5-6,8-9,14H,7,10-13H2,1-4H3,(H,22,26). The summed E-state index contributed by atoms with van der Waals surface area (Å²) in [6, 6.07) is 8.20. The first-order valence-electron chi connectivity index (χ1n) is 9.58. The van der Waals surface area contributed by atoms with E-state index >= 15 is 0 Å². The summed E-state index contributed by atoms with van der Waals surface area (Å²) in [6.07, 6.45) is 2.19. The molecule has 5 nitrogen and oxygen atoms in total. The summed E-state index contributed by atoms with van der Waals surface area (Å²) in [7, 11) is 0. The Morgan fingerprint density at radius 1 is 1.26 bits per heavy atom.